The SMILES string of the molecule is C[C@@H](NC(=O)c1cn(C23CC(C2)C3)c(=O)cc1N[C@H]1[C@@H]2CN(C)C[C@@H]21)c1cccc(OC(F)F)c1Cl. The van der Waals surface area contributed by atoms with Crippen LogP contribution in [0.25, 0.3) is 0 Å². The van der Waals surface area contributed by atoms with Crippen LogP contribution in [0.5, 0.6) is 5.75 Å². The average Bonchev–Trinajstić information content (AvgIpc) is 3.18. The number of amides is 1. The van der Waals surface area contributed by atoms with Crippen LogP contribution in [0.15, 0.2) is 35.3 Å². The van der Waals surface area contributed by atoms with E-state index >= 15 is 0 Å². The Balaban J connectivity index is 1.27. The number of piperidine rings is 1. The van der Waals surface area contributed by atoms with Crippen molar-refractivity contribution in [1.29, 1.82) is 0 Å². The Morgan fingerprint density at radius 3 is 2.53 bits per heavy atom. The Morgan fingerprint density at radius 2 is 1.92 bits per heavy atom. The number of rotatable bonds is 8. The summed E-state index contributed by atoms with van der Waals surface area (Å²) < 4.78 is 31.7. The van der Waals surface area contributed by atoms with Crippen LogP contribution in [0.1, 0.15) is 48.1 Å². The Kier molecular flexibility index (Phi) is 5.57. The minimum Gasteiger partial charge on any atom is -0.433 e. The largest absolute Gasteiger partial charge is 0.433 e. The Bertz CT molecular complexity index is 1260. The molecule has 1 amide bonds. The third kappa shape index (κ3) is 3.87. The van der Waals surface area contributed by atoms with E-state index in [1.54, 1.807) is 35.9 Å². The van der Waals surface area contributed by atoms with Gasteiger partial charge in [0.05, 0.1) is 22.3 Å². The third-order valence-corrected chi connectivity index (χ3v) is 8.94. The molecule has 4 saturated carbocycles. The first-order valence-corrected chi connectivity index (χ1v) is 12.8. The Hall–Kier alpha value is -2.65. The minimum absolute atomic E-state index is 0.0257. The molecule has 36 heavy (non-hydrogen) atoms. The van der Waals surface area contributed by atoms with Crippen LogP contribution < -0.4 is 20.9 Å². The number of hydrogen-bond acceptors (Lipinski definition) is 5. The molecule has 2 heterocycles. The predicted octanol–water partition coefficient (Wildman–Crippen LogP) is 4.08. The van der Waals surface area contributed by atoms with Gasteiger partial charge in [0, 0.05) is 36.9 Å². The minimum atomic E-state index is -3.00. The van der Waals surface area contributed by atoms with E-state index in [-0.39, 0.29) is 33.8 Å². The number of carbonyl (C=O) groups excluding carboxylic acids is 1. The number of carbonyl (C=O) groups is 1. The van der Waals surface area contributed by atoms with Gasteiger partial charge in [-0.05, 0) is 62.6 Å². The van der Waals surface area contributed by atoms with Crippen LogP contribution in [0.4, 0.5) is 14.5 Å². The summed E-state index contributed by atoms with van der Waals surface area (Å²) in [6.07, 6.45) is 4.62. The second kappa shape index (κ2) is 8.45. The fourth-order valence-electron chi connectivity index (χ4n) is 6.46. The van der Waals surface area contributed by atoms with Crippen molar-refractivity contribution < 1.29 is 18.3 Å². The number of fused-ring (bicyclic) bond motifs is 1. The molecular weight excluding hydrogens is 490 g/mol. The molecule has 1 aromatic heterocycles. The monoisotopic (exact) mass is 518 g/mol. The number of nitrogens with zero attached hydrogens (tertiary/aromatic N) is 2. The van der Waals surface area contributed by atoms with Crippen LogP contribution in [0.2, 0.25) is 5.02 Å². The number of pyridine rings is 1. The number of aromatic nitrogens is 1. The van der Waals surface area contributed by atoms with Crippen molar-refractivity contribution in [2.75, 3.05) is 25.5 Å². The summed E-state index contributed by atoms with van der Waals surface area (Å²) in [5.41, 5.74) is 1.15. The molecule has 1 aliphatic heterocycles. The van der Waals surface area contributed by atoms with Gasteiger partial charge in [-0.2, -0.15) is 8.78 Å². The summed E-state index contributed by atoms with van der Waals surface area (Å²) in [5.74, 6) is 1.21. The van der Waals surface area contributed by atoms with Crippen molar-refractivity contribution in [3.63, 3.8) is 0 Å². The van der Waals surface area contributed by atoms with E-state index in [9.17, 15) is 18.4 Å². The van der Waals surface area contributed by atoms with Crippen LogP contribution in [-0.4, -0.2) is 48.2 Å². The van der Waals surface area contributed by atoms with Crippen LogP contribution in [-0.2, 0) is 5.54 Å². The van der Waals surface area contributed by atoms with E-state index in [1.165, 1.54) is 6.07 Å². The third-order valence-electron chi connectivity index (χ3n) is 8.54. The Labute approximate surface area is 212 Å². The van der Waals surface area contributed by atoms with Crippen LogP contribution >= 0.6 is 11.6 Å². The molecule has 2 bridgehead atoms. The first kappa shape index (κ1) is 23.7. The topological polar surface area (TPSA) is 75.6 Å². The molecule has 0 spiro atoms. The van der Waals surface area contributed by atoms with Gasteiger partial charge in [-0.25, -0.2) is 0 Å². The number of anilines is 1. The lowest BCUT2D eigenvalue weighted by Gasteiger charge is -2.62. The fraction of sp³-hybridized carbons (Fsp3) is 0.538. The molecule has 192 valence electrons. The van der Waals surface area contributed by atoms with Gasteiger partial charge in [-0.15, -0.1) is 0 Å². The number of nitrogens with one attached hydrogen (secondary N) is 2. The van der Waals surface area contributed by atoms with Crippen molar-refractivity contribution in [2.24, 2.45) is 17.8 Å². The van der Waals surface area contributed by atoms with Gasteiger partial charge in [0.1, 0.15) is 5.75 Å². The summed E-state index contributed by atoms with van der Waals surface area (Å²) in [7, 11) is 2.10. The summed E-state index contributed by atoms with van der Waals surface area (Å²) in [6, 6.07) is 5.80. The molecule has 1 aromatic carbocycles. The lowest BCUT2D eigenvalue weighted by Crippen LogP contribution is -2.62. The second-order valence-corrected chi connectivity index (χ2v) is 11.3. The van der Waals surface area contributed by atoms with Gasteiger partial charge in [-0.3, -0.25) is 9.59 Å². The zero-order chi connectivity index (χ0) is 25.4. The highest BCUT2D eigenvalue weighted by molar-refractivity contribution is 6.32. The summed E-state index contributed by atoms with van der Waals surface area (Å²) >= 11 is 6.32. The molecule has 4 atom stereocenters. The van der Waals surface area contributed by atoms with Crippen molar-refractivity contribution in [1.82, 2.24) is 14.8 Å². The van der Waals surface area contributed by atoms with E-state index in [1.807, 2.05) is 0 Å². The second-order valence-electron chi connectivity index (χ2n) is 11.0. The van der Waals surface area contributed by atoms with E-state index in [4.69, 9.17) is 11.6 Å². The zero-order valence-corrected chi connectivity index (χ0v) is 20.9. The molecule has 5 fully saturated rings. The molecule has 7 rings (SSSR count). The molecule has 7 nitrogen and oxygen atoms in total. The van der Waals surface area contributed by atoms with E-state index in [0.29, 0.717) is 34.6 Å². The summed E-state index contributed by atoms with van der Waals surface area (Å²) in [5, 5.41) is 6.45. The smallest absolute Gasteiger partial charge is 0.387 e. The summed E-state index contributed by atoms with van der Waals surface area (Å²) in [4.78, 5) is 28.9. The highest BCUT2D eigenvalue weighted by Gasteiger charge is 2.58. The van der Waals surface area contributed by atoms with Gasteiger partial charge in [0.2, 0.25) is 0 Å². The number of hydrogen-bond donors (Lipinski definition) is 2. The number of ether oxygens (including phenoxy) is 1. The first-order chi connectivity index (χ1) is 17.1. The predicted molar refractivity (Wildman–Crippen MR) is 132 cm³/mol. The van der Waals surface area contributed by atoms with Gasteiger partial charge in [-0.1, -0.05) is 23.7 Å². The molecule has 2 aromatic rings. The fourth-order valence-corrected chi connectivity index (χ4v) is 6.80. The lowest BCUT2D eigenvalue weighted by molar-refractivity contribution is -0.0914. The molecule has 5 aliphatic rings. The van der Waals surface area contributed by atoms with Crippen molar-refractivity contribution in [3.8, 4) is 5.75 Å². The molecule has 0 unspecified atom stereocenters. The molecule has 0 radical (unpaired) electrons. The number of halogens is 3. The standard InChI is InChI=1S/C26H29ClF2N4O3/c1-13(15-4-3-5-20(22(15)27)36-25(28)29)30-24(35)18-12-33(26-7-14(8-26)9-26)21(34)6-19(18)31-23-16-10-32(2)11-17(16)23/h3-6,12-14,16-17,23,25,31H,7-11H2,1-2H3,(H,30,35)/t13-,14?,16-,17+,23+,26?/m1/s1. The van der Waals surface area contributed by atoms with Crippen molar-refractivity contribution in [2.45, 2.75) is 50.4 Å². The number of benzene rings is 1. The van der Waals surface area contributed by atoms with Gasteiger partial charge in [0.25, 0.3) is 11.5 Å². The van der Waals surface area contributed by atoms with Gasteiger partial charge < -0.3 is 24.8 Å². The van der Waals surface area contributed by atoms with Gasteiger partial charge in [0.15, 0.2) is 0 Å². The molecule has 1 saturated heterocycles. The molecule has 10 heteroatoms. The molecule has 2 N–H and O–H groups in total. The zero-order valence-electron chi connectivity index (χ0n) is 20.1. The highest BCUT2D eigenvalue weighted by Crippen LogP contribution is 2.61. The van der Waals surface area contributed by atoms with E-state index < -0.39 is 12.7 Å². The first-order valence-electron chi connectivity index (χ1n) is 12.4. The summed E-state index contributed by atoms with van der Waals surface area (Å²) in [6.45, 7) is 0.725. The maximum atomic E-state index is 13.6. The quantitative estimate of drug-likeness (QED) is 0.551. The molecular formula is C26H29ClF2N4O3. The van der Waals surface area contributed by atoms with Gasteiger partial charge >= 0.3 is 6.61 Å². The molecule has 4 aliphatic carbocycles. The van der Waals surface area contributed by atoms with E-state index in [0.717, 1.165) is 32.4 Å². The normalized spacial score (nSPS) is 30.7. The highest BCUT2D eigenvalue weighted by atomic mass is 35.5. The maximum absolute atomic E-state index is 13.6. The van der Waals surface area contributed by atoms with Crippen molar-refractivity contribution in [3.05, 3.63) is 57.0 Å². The average molecular weight is 519 g/mol. The van der Waals surface area contributed by atoms with Crippen LogP contribution in [0.3, 0.4) is 0 Å². The van der Waals surface area contributed by atoms with E-state index in [2.05, 4.69) is 27.3 Å². The lowest BCUT2D eigenvalue weighted by atomic mass is 9.49. The Morgan fingerprint density at radius 1 is 1.22 bits per heavy atom. The van der Waals surface area contributed by atoms with Crippen molar-refractivity contribution >= 4 is 23.2 Å². The number of alkyl halides is 2. The van der Waals surface area contributed by atoms with Crippen LogP contribution in [0, 0.1) is 17.8 Å². The maximum Gasteiger partial charge on any atom is 0.387 e. The number of likely N-dealkylation sites (tertiary alicyclic amines) is 1.